The second-order valence-electron chi connectivity index (χ2n) is 6.62. The SMILES string of the molecule is CCCN(CCC(C)(NC(C)C)C(=O)OC)CC1CC1. The number of ether oxygens (including phenoxy) is 1. The first-order valence-electron chi connectivity index (χ1n) is 7.99. The van der Waals surface area contributed by atoms with Crippen molar-refractivity contribution >= 4 is 5.97 Å². The Morgan fingerprint density at radius 1 is 1.40 bits per heavy atom. The van der Waals surface area contributed by atoms with Gasteiger partial charge in [0.15, 0.2) is 0 Å². The quantitative estimate of drug-likeness (QED) is 0.626. The third-order valence-electron chi connectivity index (χ3n) is 3.92. The number of nitrogens with one attached hydrogen (secondary N) is 1. The van der Waals surface area contributed by atoms with Gasteiger partial charge in [-0.2, -0.15) is 0 Å². The lowest BCUT2D eigenvalue weighted by atomic mass is 9.96. The van der Waals surface area contributed by atoms with Gasteiger partial charge < -0.3 is 9.64 Å². The van der Waals surface area contributed by atoms with Crippen molar-refractivity contribution < 1.29 is 9.53 Å². The molecular formula is C16H32N2O2. The lowest BCUT2D eigenvalue weighted by molar-refractivity contribution is -0.148. The summed E-state index contributed by atoms with van der Waals surface area (Å²) in [4.78, 5) is 14.6. The molecule has 0 aromatic heterocycles. The summed E-state index contributed by atoms with van der Waals surface area (Å²) >= 11 is 0. The minimum atomic E-state index is -0.585. The van der Waals surface area contributed by atoms with Crippen molar-refractivity contribution in [2.45, 2.75) is 65.0 Å². The van der Waals surface area contributed by atoms with E-state index in [4.69, 9.17) is 4.74 Å². The molecule has 0 spiro atoms. The second-order valence-corrected chi connectivity index (χ2v) is 6.62. The highest BCUT2D eigenvalue weighted by Gasteiger charge is 2.35. The average molecular weight is 284 g/mol. The van der Waals surface area contributed by atoms with Crippen LogP contribution in [0.5, 0.6) is 0 Å². The van der Waals surface area contributed by atoms with Gasteiger partial charge in [-0.1, -0.05) is 6.92 Å². The number of hydrogen-bond donors (Lipinski definition) is 1. The Labute approximate surface area is 124 Å². The number of carbonyl (C=O) groups is 1. The van der Waals surface area contributed by atoms with Gasteiger partial charge in [0.1, 0.15) is 5.54 Å². The van der Waals surface area contributed by atoms with Crippen molar-refractivity contribution in [3.05, 3.63) is 0 Å². The van der Waals surface area contributed by atoms with Gasteiger partial charge >= 0.3 is 5.97 Å². The van der Waals surface area contributed by atoms with Crippen LogP contribution in [0.1, 0.15) is 53.4 Å². The van der Waals surface area contributed by atoms with Gasteiger partial charge in [-0.3, -0.25) is 10.1 Å². The van der Waals surface area contributed by atoms with Crippen molar-refractivity contribution in [1.29, 1.82) is 0 Å². The predicted octanol–water partition coefficient (Wildman–Crippen LogP) is 2.43. The first kappa shape index (κ1) is 17.4. The fraction of sp³-hybridized carbons (Fsp3) is 0.938. The summed E-state index contributed by atoms with van der Waals surface area (Å²) in [6.07, 6.45) is 4.71. The van der Waals surface area contributed by atoms with Gasteiger partial charge in [-0.25, -0.2) is 0 Å². The van der Waals surface area contributed by atoms with Crippen LogP contribution in [0.4, 0.5) is 0 Å². The minimum absolute atomic E-state index is 0.158. The predicted molar refractivity (Wildman–Crippen MR) is 82.8 cm³/mol. The molecule has 0 saturated heterocycles. The standard InChI is InChI=1S/C16H32N2O2/c1-6-10-18(12-14-7-8-14)11-9-16(4,15(19)20-5)17-13(2)3/h13-14,17H,6-12H2,1-5H3. The Hall–Kier alpha value is -0.610. The summed E-state index contributed by atoms with van der Waals surface area (Å²) in [7, 11) is 1.47. The van der Waals surface area contributed by atoms with E-state index in [1.807, 2.05) is 6.92 Å². The normalized spacial score (nSPS) is 18.4. The van der Waals surface area contributed by atoms with Gasteiger partial charge in [0.2, 0.25) is 0 Å². The second kappa shape index (κ2) is 7.99. The van der Waals surface area contributed by atoms with Crippen LogP contribution in [0.15, 0.2) is 0 Å². The fourth-order valence-corrected chi connectivity index (χ4v) is 2.75. The molecule has 0 aromatic rings. The van der Waals surface area contributed by atoms with Crippen LogP contribution in [0.2, 0.25) is 0 Å². The first-order chi connectivity index (χ1) is 9.41. The number of esters is 1. The van der Waals surface area contributed by atoms with Crippen LogP contribution in [0, 0.1) is 5.92 Å². The van der Waals surface area contributed by atoms with Crippen molar-refractivity contribution in [3.63, 3.8) is 0 Å². The van der Waals surface area contributed by atoms with Crippen molar-refractivity contribution in [3.8, 4) is 0 Å². The zero-order chi connectivity index (χ0) is 15.2. The molecule has 0 bridgehead atoms. The van der Waals surface area contributed by atoms with E-state index in [9.17, 15) is 4.79 Å². The Balaban J connectivity index is 2.55. The van der Waals surface area contributed by atoms with E-state index in [0.29, 0.717) is 0 Å². The number of hydrogen-bond acceptors (Lipinski definition) is 4. The van der Waals surface area contributed by atoms with Crippen LogP contribution < -0.4 is 5.32 Å². The molecule has 20 heavy (non-hydrogen) atoms. The van der Waals surface area contributed by atoms with E-state index < -0.39 is 5.54 Å². The summed E-state index contributed by atoms with van der Waals surface area (Å²) in [6.45, 7) is 11.6. The lowest BCUT2D eigenvalue weighted by Gasteiger charge is -2.33. The van der Waals surface area contributed by atoms with Gasteiger partial charge in [-0.05, 0) is 58.9 Å². The first-order valence-corrected chi connectivity index (χ1v) is 7.99. The van der Waals surface area contributed by atoms with E-state index in [0.717, 1.165) is 25.4 Å². The van der Waals surface area contributed by atoms with Crippen LogP contribution >= 0.6 is 0 Å². The summed E-state index contributed by atoms with van der Waals surface area (Å²) in [5.41, 5.74) is -0.585. The number of methoxy groups -OCH3 is 1. The summed E-state index contributed by atoms with van der Waals surface area (Å²) in [5.74, 6) is 0.734. The molecule has 4 heteroatoms. The highest BCUT2D eigenvalue weighted by atomic mass is 16.5. The molecule has 0 aliphatic heterocycles. The molecule has 0 aromatic carbocycles. The molecule has 1 fully saturated rings. The molecule has 1 aliphatic rings. The average Bonchev–Trinajstić information content (AvgIpc) is 3.18. The Morgan fingerprint density at radius 3 is 2.50 bits per heavy atom. The third kappa shape index (κ3) is 5.80. The summed E-state index contributed by atoms with van der Waals surface area (Å²) < 4.78 is 4.98. The van der Waals surface area contributed by atoms with E-state index in [1.54, 1.807) is 0 Å². The molecule has 1 aliphatic carbocycles. The molecule has 1 saturated carbocycles. The number of carbonyl (C=O) groups excluding carboxylic acids is 1. The molecule has 0 amide bonds. The monoisotopic (exact) mass is 284 g/mol. The Kier molecular flexibility index (Phi) is 6.96. The summed E-state index contributed by atoms with van der Waals surface area (Å²) in [5, 5.41) is 3.37. The molecule has 1 unspecified atom stereocenters. The van der Waals surface area contributed by atoms with E-state index in [1.165, 1.54) is 32.9 Å². The van der Waals surface area contributed by atoms with Crippen molar-refractivity contribution in [2.75, 3.05) is 26.7 Å². The largest absolute Gasteiger partial charge is 0.468 e. The van der Waals surface area contributed by atoms with Crippen LogP contribution in [0.25, 0.3) is 0 Å². The van der Waals surface area contributed by atoms with Gasteiger partial charge in [0.05, 0.1) is 7.11 Å². The van der Waals surface area contributed by atoms with Crippen LogP contribution in [-0.4, -0.2) is 49.2 Å². The molecule has 1 N–H and O–H groups in total. The molecule has 0 radical (unpaired) electrons. The molecular weight excluding hydrogens is 252 g/mol. The van der Waals surface area contributed by atoms with Crippen LogP contribution in [-0.2, 0) is 9.53 Å². The highest BCUT2D eigenvalue weighted by Crippen LogP contribution is 2.30. The number of rotatable bonds is 10. The molecule has 118 valence electrons. The van der Waals surface area contributed by atoms with Gasteiger partial charge in [0.25, 0.3) is 0 Å². The minimum Gasteiger partial charge on any atom is -0.468 e. The maximum absolute atomic E-state index is 12.1. The molecule has 1 rings (SSSR count). The Bertz CT molecular complexity index is 303. The Morgan fingerprint density at radius 2 is 2.05 bits per heavy atom. The van der Waals surface area contributed by atoms with Crippen molar-refractivity contribution in [1.82, 2.24) is 10.2 Å². The maximum atomic E-state index is 12.1. The molecule has 1 atom stereocenters. The molecule has 4 nitrogen and oxygen atoms in total. The number of nitrogens with zero attached hydrogens (tertiary/aromatic N) is 1. The molecule has 0 heterocycles. The topological polar surface area (TPSA) is 41.6 Å². The maximum Gasteiger partial charge on any atom is 0.325 e. The van der Waals surface area contributed by atoms with E-state index in [2.05, 4.69) is 31.0 Å². The van der Waals surface area contributed by atoms with E-state index >= 15 is 0 Å². The summed E-state index contributed by atoms with van der Waals surface area (Å²) in [6, 6.07) is 0.266. The van der Waals surface area contributed by atoms with E-state index in [-0.39, 0.29) is 12.0 Å². The smallest absolute Gasteiger partial charge is 0.325 e. The lowest BCUT2D eigenvalue weighted by Crippen LogP contribution is -2.54. The zero-order valence-electron chi connectivity index (χ0n) is 13.9. The third-order valence-corrected chi connectivity index (χ3v) is 3.92. The fourth-order valence-electron chi connectivity index (χ4n) is 2.75. The zero-order valence-corrected chi connectivity index (χ0v) is 13.9. The van der Waals surface area contributed by atoms with Gasteiger partial charge in [0, 0.05) is 19.1 Å². The van der Waals surface area contributed by atoms with Crippen LogP contribution in [0.3, 0.4) is 0 Å². The van der Waals surface area contributed by atoms with Crippen molar-refractivity contribution in [2.24, 2.45) is 5.92 Å². The highest BCUT2D eigenvalue weighted by molar-refractivity contribution is 5.80. The van der Waals surface area contributed by atoms with Gasteiger partial charge in [-0.15, -0.1) is 0 Å².